The number of fused-ring (bicyclic) bond motifs is 2. The van der Waals surface area contributed by atoms with Gasteiger partial charge in [0.25, 0.3) is 5.91 Å². The van der Waals surface area contributed by atoms with E-state index in [2.05, 4.69) is 11.4 Å². The molecule has 130 valence electrons. The van der Waals surface area contributed by atoms with E-state index in [-0.39, 0.29) is 17.6 Å². The SMILES string of the molecule is Cc1oc2c(c1C(=O)NCC1COc3ccccc3C1)C(=O)CCC2. The van der Waals surface area contributed by atoms with Crippen LogP contribution in [0, 0.1) is 12.8 Å². The largest absolute Gasteiger partial charge is 0.493 e. The molecule has 1 amide bonds. The summed E-state index contributed by atoms with van der Waals surface area (Å²) in [5.41, 5.74) is 2.07. The lowest BCUT2D eigenvalue weighted by atomic mass is 9.93. The Labute approximate surface area is 146 Å². The number of hydrogen-bond acceptors (Lipinski definition) is 4. The normalized spacial score (nSPS) is 18.9. The summed E-state index contributed by atoms with van der Waals surface area (Å²) in [5, 5.41) is 2.97. The van der Waals surface area contributed by atoms with Gasteiger partial charge in [0.1, 0.15) is 17.3 Å². The van der Waals surface area contributed by atoms with Crippen molar-refractivity contribution in [2.24, 2.45) is 5.92 Å². The lowest BCUT2D eigenvalue weighted by Crippen LogP contribution is -2.35. The number of amides is 1. The van der Waals surface area contributed by atoms with Gasteiger partial charge >= 0.3 is 0 Å². The Balaban J connectivity index is 1.45. The molecule has 25 heavy (non-hydrogen) atoms. The summed E-state index contributed by atoms with van der Waals surface area (Å²) in [7, 11) is 0. The van der Waals surface area contributed by atoms with Crippen LogP contribution in [0.25, 0.3) is 0 Å². The van der Waals surface area contributed by atoms with E-state index < -0.39 is 0 Å². The maximum Gasteiger partial charge on any atom is 0.255 e. The number of carbonyl (C=O) groups is 2. The summed E-state index contributed by atoms with van der Waals surface area (Å²) in [5.74, 6) is 2.12. The Bertz CT molecular complexity index is 836. The van der Waals surface area contributed by atoms with Crippen molar-refractivity contribution in [3.05, 3.63) is 52.5 Å². The smallest absolute Gasteiger partial charge is 0.255 e. The molecule has 0 fully saturated rings. The number of Topliss-reactive ketones (excluding diaryl/α,β-unsaturated/α-hetero) is 1. The highest BCUT2D eigenvalue weighted by Gasteiger charge is 2.30. The van der Waals surface area contributed by atoms with Gasteiger partial charge < -0.3 is 14.5 Å². The molecule has 1 aromatic heterocycles. The number of nitrogens with one attached hydrogen (secondary N) is 1. The predicted molar refractivity (Wildman–Crippen MR) is 92.2 cm³/mol. The van der Waals surface area contributed by atoms with Crippen molar-refractivity contribution < 1.29 is 18.7 Å². The monoisotopic (exact) mass is 339 g/mol. The molecule has 5 heteroatoms. The average molecular weight is 339 g/mol. The summed E-state index contributed by atoms with van der Waals surface area (Å²) >= 11 is 0. The molecule has 0 radical (unpaired) electrons. The van der Waals surface area contributed by atoms with Crippen LogP contribution in [-0.4, -0.2) is 24.8 Å². The Hall–Kier alpha value is -2.56. The molecule has 1 unspecified atom stereocenters. The summed E-state index contributed by atoms with van der Waals surface area (Å²) in [6.45, 7) is 2.85. The molecular weight excluding hydrogens is 318 g/mol. The number of rotatable bonds is 3. The number of para-hydroxylation sites is 1. The Morgan fingerprint density at radius 2 is 2.12 bits per heavy atom. The molecule has 0 spiro atoms. The number of furan rings is 1. The minimum absolute atomic E-state index is 0.0122. The zero-order valence-corrected chi connectivity index (χ0v) is 14.3. The van der Waals surface area contributed by atoms with Crippen LogP contribution in [0.4, 0.5) is 0 Å². The van der Waals surface area contributed by atoms with Crippen LogP contribution in [0.15, 0.2) is 28.7 Å². The minimum Gasteiger partial charge on any atom is -0.493 e. The van der Waals surface area contributed by atoms with E-state index >= 15 is 0 Å². The van der Waals surface area contributed by atoms with Gasteiger partial charge in [-0.1, -0.05) is 18.2 Å². The lowest BCUT2D eigenvalue weighted by Gasteiger charge is -2.25. The zero-order valence-electron chi connectivity index (χ0n) is 14.3. The number of benzene rings is 1. The van der Waals surface area contributed by atoms with E-state index in [0.717, 1.165) is 25.0 Å². The highest BCUT2D eigenvalue weighted by Crippen LogP contribution is 2.30. The van der Waals surface area contributed by atoms with Gasteiger partial charge in [-0.05, 0) is 31.4 Å². The van der Waals surface area contributed by atoms with Gasteiger partial charge in [-0.2, -0.15) is 0 Å². The van der Waals surface area contributed by atoms with Crippen LogP contribution in [0.1, 0.15) is 50.6 Å². The second-order valence-electron chi connectivity index (χ2n) is 6.81. The summed E-state index contributed by atoms with van der Waals surface area (Å²) in [4.78, 5) is 24.9. The molecule has 0 saturated heterocycles. The van der Waals surface area contributed by atoms with Crippen molar-refractivity contribution >= 4 is 11.7 Å². The molecule has 1 aliphatic carbocycles. The maximum atomic E-state index is 12.7. The van der Waals surface area contributed by atoms with E-state index in [1.54, 1.807) is 6.92 Å². The van der Waals surface area contributed by atoms with E-state index in [4.69, 9.17) is 9.15 Å². The van der Waals surface area contributed by atoms with Crippen LogP contribution in [-0.2, 0) is 12.8 Å². The molecule has 1 atom stereocenters. The van der Waals surface area contributed by atoms with Crippen molar-refractivity contribution in [1.82, 2.24) is 5.32 Å². The van der Waals surface area contributed by atoms with Gasteiger partial charge in [0, 0.05) is 25.3 Å². The molecule has 5 nitrogen and oxygen atoms in total. The summed E-state index contributed by atoms with van der Waals surface area (Å²) in [6.07, 6.45) is 2.87. The Kier molecular flexibility index (Phi) is 4.07. The number of ether oxygens (including phenoxy) is 1. The van der Waals surface area contributed by atoms with Crippen molar-refractivity contribution in [1.29, 1.82) is 0 Å². The van der Waals surface area contributed by atoms with Gasteiger partial charge in [0.2, 0.25) is 0 Å². The first-order chi connectivity index (χ1) is 12.1. The third kappa shape index (κ3) is 2.95. The van der Waals surface area contributed by atoms with E-state index in [0.29, 0.717) is 42.2 Å². The lowest BCUT2D eigenvalue weighted by molar-refractivity contribution is 0.0917. The molecule has 1 aliphatic heterocycles. The van der Waals surface area contributed by atoms with E-state index in [9.17, 15) is 9.59 Å². The van der Waals surface area contributed by atoms with Crippen LogP contribution in [0.5, 0.6) is 5.75 Å². The van der Waals surface area contributed by atoms with Crippen LogP contribution in [0.2, 0.25) is 0 Å². The first-order valence-corrected chi connectivity index (χ1v) is 8.78. The Morgan fingerprint density at radius 3 is 3.00 bits per heavy atom. The minimum atomic E-state index is -0.225. The van der Waals surface area contributed by atoms with Gasteiger partial charge in [-0.15, -0.1) is 0 Å². The third-order valence-corrected chi connectivity index (χ3v) is 4.98. The fraction of sp³-hybridized carbons (Fsp3) is 0.400. The van der Waals surface area contributed by atoms with Gasteiger partial charge in [-0.3, -0.25) is 9.59 Å². The molecule has 2 aromatic rings. The summed E-state index contributed by atoms with van der Waals surface area (Å²) < 4.78 is 11.4. The first kappa shape index (κ1) is 15.9. The van der Waals surface area contributed by atoms with Crippen LogP contribution >= 0.6 is 0 Å². The standard InChI is InChI=1S/C20H21NO4/c1-12-18(19-15(22)6-4-8-17(19)25-12)20(23)21-10-13-9-14-5-2-3-7-16(14)24-11-13/h2-3,5,7,13H,4,6,8-11H2,1H3,(H,21,23). The van der Waals surface area contributed by atoms with E-state index in [1.165, 1.54) is 5.56 Å². The number of aryl methyl sites for hydroxylation is 2. The molecular formula is C20H21NO4. The molecule has 2 heterocycles. The average Bonchev–Trinajstić information content (AvgIpc) is 2.97. The third-order valence-electron chi connectivity index (χ3n) is 4.98. The molecule has 0 saturated carbocycles. The van der Waals surface area contributed by atoms with Crippen molar-refractivity contribution in [2.75, 3.05) is 13.2 Å². The first-order valence-electron chi connectivity index (χ1n) is 8.78. The van der Waals surface area contributed by atoms with Crippen molar-refractivity contribution in [2.45, 2.75) is 32.6 Å². The van der Waals surface area contributed by atoms with Crippen LogP contribution in [0.3, 0.4) is 0 Å². The molecule has 1 N–H and O–H groups in total. The second kappa shape index (κ2) is 6.39. The van der Waals surface area contributed by atoms with Crippen molar-refractivity contribution in [3.8, 4) is 5.75 Å². The maximum absolute atomic E-state index is 12.7. The highest BCUT2D eigenvalue weighted by atomic mass is 16.5. The fourth-order valence-corrected chi connectivity index (χ4v) is 3.73. The Morgan fingerprint density at radius 1 is 1.28 bits per heavy atom. The number of ketones is 1. The molecule has 1 aromatic carbocycles. The predicted octanol–water partition coefficient (Wildman–Crippen LogP) is 3.09. The zero-order chi connectivity index (χ0) is 17.4. The van der Waals surface area contributed by atoms with Gasteiger partial charge in [0.05, 0.1) is 17.7 Å². The number of hydrogen-bond donors (Lipinski definition) is 1. The second-order valence-corrected chi connectivity index (χ2v) is 6.81. The molecule has 0 bridgehead atoms. The van der Waals surface area contributed by atoms with Crippen LogP contribution < -0.4 is 10.1 Å². The molecule has 2 aliphatic rings. The quantitative estimate of drug-likeness (QED) is 0.933. The highest BCUT2D eigenvalue weighted by molar-refractivity contribution is 6.10. The molecule has 4 rings (SSSR count). The summed E-state index contributed by atoms with van der Waals surface area (Å²) in [6, 6.07) is 7.98. The van der Waals surface area contributed by atoms with Gasteiger partial charge in [-0.25, -0.2) is 0 Å². The fourth-order valence-electron chi connectivity index (χ4n) is 3.73. The van der Waals surface area contributed by atoms with E-state index in [1.807, 2.05) is 18.2 Å². The van der Waals surface area contributed by atoms with Gasteiger partial charge in [0.15, 0.2) is 5.78 Å². The van der Waals surface area contributed by atoms with Crippen molar-refractivity contribution in [3.63, 3.8) is 0 Å². The topological polar surface area (TPSA) is 68.5 Å². The number of carbonyl (C=O) groups excluding carboxylic acids is 2.